The van der Waals surface area contributed by atoms with Crippen LogP contribution in [0.25, 0.3) is 22.4 Å². The van der Waals surface area contributed by atoms with Gasteiger partial charge < -0.3 is 5.11 Å². The van der Waals surface area contributed by atoms with Gasteiger partial charge in [0.2, 0.25) is 0 Å². The number of pyridine rings is 1. The fraction of sp³-hybridized carbons (Fsp3) is 0.176. The van der Waals surface area contributed by atoms with Gasteiger partial charge in [-0.3, -0.25) is 10.1 Å². The van der Waals surface area contributed by atoms with Gasteiger partial charge in [0.1, 0.15) is 11.4 Å². The number of aryl methyl sites for hydroxylation is 1. The third-order valence-electron chi connectivity index (χ3n) is 3.47. The Hall–Kier alpha value is -2.62. The van der Waals surface area contributed by atoms with E-state index in [0.29, 0.717) is 0 Å². The predicted octanol–water partition coefficient (Wildman–Crippen LogP) is 3.80. The number of H-pyrrole nitrogens is 1. The van der Waals surface area contributed by atoms with Crippen LogP contribution in [0, 0.1) is 0 Å². The highest BCUT2D eigenvalue weighted by Crippen LogP contribution is 2.37. The number of benzene rings is 1. The molecule has 0 aliphatic carbocycles. The Morgan fingerprint density at radius 3 is 2.57 bits per heavy atom. The molecular formula is C17H17N3O. The molecule has 2 heterocycles. The normalized spacial score (nSPS) is 10.7. The van der Waals surface area contributed by atoms with Gasteiger partial charge in [-0.2, -0.15) is 5.10 Å². The van der Waals surface area contributed by atoms with E-state index >= 15 is 0 Å². The smallest absolute Gasteiger partial charge is 0.123 e. The lowest BCUT2D eigenvalue weighted by atomic mass is 9.97. The second-order valence-corrected chi connectivity index (χ2v) is 4.93. The van der Waals surface area contributed by atoms with Crippen LogP contribution in [0.15, 0.2) is 48.8 Å². The van der Waals surface area contributed by atoms with E-state index in [1.54, 1.807) is 18.5 Å². The largest absolute Gasteiger partial charge is 0.507 e. The minimum absolute atomic E-state index is 0.270. The topological polar surface area (TPSA) is 61.8 Å². The van der Waals surface area contributed by atoms with Crippen molar-refractivity contribution in [3.8, 4) is 28.1 Å². The standard InChI is InChI=1S/C17H17N3O/c1-2-5-14-16(13-6-3-4-7-15(13)21)17(20-19-14)12-8-10-18-11-9-12/h3-4,6-11,21H,2,5H2,1H3,(H,19,20). The van der Waals surface area contributed by atoms with E-state index in [1.807, 2.05) is 30.3 Å². The second kappa shape index (κ2) is 5.79. The van der Waals surface area contributed by atoms with Crippen molar-refractivity contribution < 1.29 is 5.11 Å². The monoisotopic (exact) mass is 279 g/mol. The summed E-state index contributed by atoms with van der Waals surface area (Å²) in [6.45, 7) is 2.13. The molecule has 106 valence electrons. The van der Waals surface area contributed by atoms with Gasteiger partial charge in [0.15, 0.2) is 0 Å². The Bertz CT molecular complexity index is 735. The lowest BCUT2D eigenvalue weighted by Crippen LogP contribution is -1.89. The van der Waals surface area contributed by atoms with Crippen molar-refractivity contribution in [3.63, 3.8) is 0 Å². The molecule has 4 heteroatoms. The third kappa shape index (κ3) is 2.52. The first-order valence-electron chi connectivity index (χ1n) is 7.07. The zero-order valence-corrected chi connectivity index (χ0v) is 11.9. The molecule has 21 heavy (non-hydrogen) atoms. The zero-order valence-electron chi connectivity index (χ0n) is 11.9. The first-order chi connectivity index (χ1) is 10.3. The molecule has 2 aromatic heterocycles. The lowest BCUT2D eigenvalue weighted by Gasteiger charge is -2.08. The van der Waals surface area contributed by atoms with Gasteiger partial charge in [0.05, 0.1) is 0 Å². The van der Waals surface area contributed by atoms with Crippen LogP contribution in [0.5, 0.6) is 5.75 Å². The summed E-state index contributed by atoms with van der Waals surface area (Å²) in [5.41, 5.74) is 4.66. The van der Waals surface area contributed by atoms with Crippen LogP contribution in [0.4, 0.5) is 0 Å². The van der Waals surface area contributed by atoms with Crippen molar-refractivity contribution in [2.75, 3.05) is 0 Å². The zero-order chi connectivity index (χ0) is 14.7. The molecule has 0 unspecified atom stereocenters. The van der Waals surface area contributed by atoms with Crippen molar-refractivity contribution in [2.24, 2.45) is 0 Å². The van der Waals surface area contributed by atoms with E-state index in [4.69, 9.17) is 0 Å². The van der Waals surface area contributed by atoms with Gasteiger partial charge in [-0.1, -0.05) is 31.5 Å². The van der Waals surface area contributed by atoms with Crippen LogP contribution in [-0.4, -0.2) is 20.3 Å². The number of rotatable bonds is 4. The molecule has 0 fully saturated rings. The number of para-hydroxylation sites is 1. The van der Waals surface area contributed by atoms with Crippen LogP contribution in [0.3, 0.4) is 0 Å². The molecule has 1 aromatic carbocycles. The fourth-order valence-corrected chi connectivity index (χ4v) is 2.50. The summed E-state index contributed by atoms with van der Waals surface area (Å²) in [5.74, 6) is 0.270. The van der Waals surface area contributed by atoms with Gasteiger partial charge in [-0.25, -0.2) is 0 Å². The molecule has 2 N–H and O–H groups in total. The van der Waals surface area contributed by atoms with Crippen molar-refractivity contribution in [3.05, 3.63) is 54.5 Å². The first kappa shape index (κ1) is 13.4. The van der Waals surface area contributed by atoms with Crippen LogP contribution >= 0.6 is 0 Å². The quantitative estimate of drug-likeness (QED) is 0.763. The lowest BCUT2D eigenvalue weighted by molar-refractivity contribution is 0.477. The summed E-state index contributed by atoms with van der Waals surface area (Å²) in [5, 5.41) is 17.8. The SMILES string of the molecule is CCCc1[nH]nc(-c2ccncc2)c1-c1ccccc1O. The van der Waals surface area contributed by atoms with Crippen LogP contribution in [0.2, 0.25) is 0 Å². The predicted molar refractivity (Wildman–Crippen MR) is 82.9 cm³/mol. The van der Waals surface area contributed by atoms with Gasteiger partial charge >= 0.3 is 0 Å². The second-order valence-electron chi connectivity index (χ2n) is 4.93. The Labute approximate surface area is 123 Å². The number of aromatic nitrogens is 3. The van der Waals surface area contributed by atoms with Crippen LogP contribution in [-0.2, 0) is 6.42 Å². The van der Waals surface area contributed by atoms with Crippen molar-refractivity contribution >= 4 is 0 Å². The number of aromatic amines is 1. The summed E-state index contributed by atoms with van der Waals surface area (Å²) in [4.78, 5) is 4.05. The highest BCUT2D eigenvalue weighted by atomic mass is 16.3. The molecule has 0 atom stereocenters. The number of nitrogens with one attached hydrogen (secondary N) is 1. The molecule has 4 nitrogen and oxygen atoms in total. The maximum absolute atomic E-state index is 10.2. The van der Waals surface area contributed by atoms with E-state index < -0.39 is 0 Å². The Kier molecular flexibility index (Phi) is 3.69. The highest BCUT2D eigenvalue weighted by molar-refractivity contribution is 5.85. The Morgan fingerprint density at radius 2 is 1.86 bits per heavy atom. The fourth-order valence-electron chi connectivity index (χ4n) is 2.50. The molecule has 0 spiro atoms. The molecule has 0 radical (unpaired) electrons. The van der Waals surface area contributed by atoms with E-state index in [9.17, 15) is 5.11 Å². The average molecular weight is 279 g/mol. The highest BCUT2D eigenvalue weighted by Gasteiger charge is 2.18. The van der Waals surface area contributed by atoms with E-state index in [-0.39, 0.29) is 5.75 Å². The third-order valence-corrected chi connectivity index (χ3v) is 3.47. The molecule has 0 amide bonds. The molecule has 0 saturated carbocycles. The minimum Gasteiger partial charge on any atom is -0.507 e. The first-order valence-corrected chi connectivity index (χ1v) is 7.07. The van der Waals surface area contributed by atoms with Gasteiger partial charge in [-0.15, -0.1) is 0 Å². The van der Waals surface area contributed by atoms with Crippen molar-refractivity contribution in [1.82, 2.24) is 15.2 Å². The number of phenolic OH excluding ortho intramolecular Hbond substituents is 1. The van der Waals surface area contributed by atoms with Gasteiger partial charge in [0.25, 0.3) is 0 Å². The summed E-state index contributed by atoms with van der Waals surface area (Å²) >= 11 is 0. The minimum atomic E-state index is 0.270. The summed E-state index contributed by atoms with van der Waals surface area (Å²) < 4.78 is 0. The molecule has 0 aliphatic rings. The number of hydrogen-bond donors (Lipinski definition) is 2. The number of aromatic hydroxyl groups is 1. The number of hydrogen-bond acceptors (Lipinski definition) is 3. The molecular weight excluding hydrogens is 262 g/mol. The molecule has 3 rings (SSSR count). The number of phenols is 1. The van der Waals surface area contributed by atoms with Crippen molar-refractivity contribution in [1.29, 1.82) is 0 Å². The van der Waals surface area contributed by atoms with Gasteiger partial charge in [-0.05, 0) is 24.6 Å². The maximum Gasteiger partial charge on any atom is 0.123 e. The molecule has 0 bridgehead atoms. The van der Waals surface area contributed by atoms with Crippen LogP contribution < -0.4 is 0 Å². The van der Waals surface area contributed by atoms with Gasteiger partial charge in [0, 0.05) is 34.8 Å². The summed E-state index contributed by atoms with van der Waals surface area (Å²) in [6.07, 6.45) is 5.40. The maximum atomic E-state index is 10.2. The molecule has 0 saturated heterocycles. The molecule has 0 aliphatic heterocycles. The molecule has 3 aromatic rings. The Morgan fingerprint density at radius 1 is 1.10 bits per heavy atom. The van der Waals surface area contributed by atoms with E-state index in [0.717, 1.165) is 40.9 Å². The van der Waals surface area contributed by atoms with E-state index in [1.165, 1.54) is 0 Å². The van der Waals surface area contributed by atoms with E-state index in [2.05, 4.69) is 22.1 Å². The van der Waals surface area contributed by atoms with Crippen molar-refractivity contribution in [2.45, 2.75) is 19.8 Å². The Balaban J connectivity index is 2.21. The average Bonchev–Trinajstić information content (AvgIpc) is 2.93. The summed E-state index contributed by atoms with van der Waals surface area (Å²) in [7, 11) is 0. The number of nitrogens with zero attached hydrogens (tertiary/aromatic N) is 2. The summed E-state index contributed by atoms with van der Waals surface area (Å²) in [6, 6.07) is 11.2. The van der Waals surface area contributed by atoms with Crippen LogP contribution in [0.1, 0.15) is 19.0 Å².